The van der Waals surface area contributed by atoms with E-state index in [4.69, 9.17) is 0 Å². The molecule has 100 valence electrons. The van der Waals surface area contributed by atoms with E-state index in [9.17, 15) is 0 Å². The van der Waals surface area contributed by atoms with Crippen LogP contribution in [0.25, 0.3) is 0 Å². The van der Waals surface area contributed by atoms with Crippen molar-refractivity contribution >= 4 is 5.82 Å². The van der Waals surface area contributed by atoms with Crippen molar-refractivity contribution in [3.05, 3.63) is 17.8 Å². The van der Waals surface area contributed by atoms with Crippen molar-refractivity contribution in [2.24, 2.45) is 11.8 Å². The molecule has 1 aromatic rings. The van der Waals surface area contributed by atoms with Gasteiger partial charge in [-0.15, -0.1) is 5.10 Å². The fourth-order valence-electron chi connectivity index (χ4n) is 2.35. The number of rotatable bonds is 3. The van der Waals surface area contributed by atoms with Crippen molar-refractivity contribution in [3.63, 3.8) is 0 Å². The number of hydrogen-bond acceptors (Lipinski definition) is 4. The largest absolute Gasteiger partial charge is 0.354 e. The van der Waals surface area contributed by atoms with Gasteiger partial charge in [0.05, 0.1) is 5.69 Å². The van der Waals surface area contributed by atoms with Crippen LogP contribution in [0.2, 0.25) is 0 Å². The highest BCUT2D eigenvalue weighted by atomic mass is 15.3. The van der Waals surface area contributed by atoms with Gasteiger partial charge in [-0.1, -0.05) is 20.8 Å². The molecule has 0 spiro atoms. The monoisotopic (exact) mass is 248 g/mol. The lowest BCUT2D eigenvalue weighted by atomic mass is 10.1. The van der Waals surface area contributed by atoms with Crippen LogP contribution in [0, 0.1) is 11.8 Å². The summed E-state index contributed by atoms with van der Waals surface area (Å²) in [7, 11) is 0. The summed E-state index contributed by atoms with van der Waals surface area (Å²) < 4.78 is 0. The summed E-state index contributed by atoms with van der Waals surface area (Å²) >= 11 is 0. The van der Waals surface area contributed by atoms with Crippen LogP contribution in [-0.2, 0) is 6.42 Å². The van der Waals surface area contributed by atoms with E-state index in [-0.39, 0.29) is 0 Å². The topological polar surface area (TPSA) is 41.0 Å². The molecule has 0 amide bonds. The Kier molecular flexibility index (Phi) is 4.53. The number of nitrogens with zero attached hydrogens (tertiary/aromatic N) is 3. The first kappa shape index (κ1) is 13.3. The Morgan fingerprint density at radius 2 is 2.22 bits per heavy atom. The molecule has 4 nitrogen and oxygen atoms in total. The van der Waals surface area contributed by atoms with Crippen LogP contribution in [0.5, 0.6) is 0 Å². The molecule has 1 unspecified atom stereocenters. The second-order valence-corrected chi connectivity index (χ2v) is 5.74. The van der Waals surface area contributed by atoms with Crippen molar-refractivity contribution in [1.29, 1.82) is 0 Å². The highest BCUT2D eigenvalue weighted by Crippen LogP contribution is 2.14. The molecule has 1 fully saturated rings. The van der Waals surface area contributed by atoms with Gasteiger partial charge >= 0.3 is 0 Å². The average molecular weight is 248 g/mol. The maximum Gasteiger partial charge on any atom is 0.151 e. The van der Waals surface area contributed by atoms with E-state index in [2.05, 4.69) is 53.3 Å². The maximum atomic E-state index is 4.38. The molecule has 1 aromatic heterocycles. The van der Waals surface area contributed by atoms with Crippen LogP contribution in [-0.4, -0.2) is 36.4 Å². The fourth-order valence-corrected chi connectivity index (χ4v) is 2.35. The van der Waals surface area contributed by atoms with Gasteiger partial charge in [0.25, 0.3) is 0 Å². The third-order valence-corrected chi connectivity index (χ3v) is 3.23. The molecule has 18 heavy (non-hydrogen) atoms. The van der Waals surface area contributed by atoms with E-state index >= 15 is 0 Å². The van der Waals surface area contributed by atoms with E-state index in [1.54, 1.807) is 0 Å². The summed E-state index contributed by atoms with van der Waals surface area (Å²) in [6.07, 6.45) is 1.01. The Morgan fingerprint density at radius 1 is 1.39 bits per heavy atom. The second kappa shape index (κ2) is 6.14. The third-order valence-electron chi connectivity index (χ3n) is 3.23. The summed E-state index contributed by atoms with van der Waals surface area (Å²) in [5, 5.41) is 12.2. The lowest BCUT2D eigenvalue weighted by Gasteiger charge is -2.22. The second-order valence-electron chi connectivity index (χ2n) is 5.74. The minimum absolute atomic E-state index is 0.632. The Hall–Kier alpha value is -1.16. The van der Waals surface area contributed by atoms with Crippen molar-refractivity contribution in [3.8, 4) is 0 Å². The van der Waals surface area contributed by atoms with Gasteiger partial charge in [0.1, 0.15) is 0 Å². The zero-order chi connectivity index (χ0) is 13.0. The van der Waals surface area contributed by atoms with E-state index in [0.717, 1.165) is 44.1 Å². The summed E-state index contributed by atoms with van der Waals surface area (Å²) in [5.41, 5.74) is 1.09. The molecule has 0 bridgehead atoms. The molecule has 0 radical (unpaired) electrons. The van der Waals surface area contributed by atoms with Gasteiger partial charge in [0.15, 0.2) is 5.82 Å². The molecule has 0 aromatic carbocycles. The lowest BCUT2D eigenvalue weighted by Crippen LogP contribution is -2.30. The molecule has 1 aliphatic heterocycles. The van der Waals surface area contributed by atoms with Crippen molar-refractivity contribution in [2.45, 2.75) is 27.2 Å². The molecule has 1 atom stereocenters. The molecule has 1 saturated heterocycles. The fraction of sp³-hybridized carbons (Fsp3) is 0.714. The van der Waals surface area contributed by atoms with E-state index < -0.39 is 0 Å². The summed E-state index contributed by atoms with van der Waals surface area (Å²) in [5.74, 6) is 2.30. The van der Waals surface area contributed by atoms with Gasteiger partial charge in [0.2, 0.25) is 0 Å². The van der Waals surface area contributed by atoms with Gasteiger partial charge in [-0.3, -0.25) is 0 Å². The van der Waals surface area contributed by atoms with Crippen molar-refractivity contribution in [2.75, 3.05) is 31.1 Å². The van der Waals surface area contributed by atoms with Gasteiger partial charge in [-0.2, -0.15) is 5.10 Å². The van der Waals surface area contributed by atoms with E-state index in [1.165, 1.54) is 0 Å². The number of hydrogen-bond donors (Lipinski definition) is 1. The first-order valence-electron chi connectivity index (χ1n) is 6.93. The van der Waals surface area contributed by atoms with Gasteiger partial charge in [-0.05, 0) is 36.9 Å². The molecular formula is C14H24N4. The van der Waals surface area contributed by atoms with Crippen LogP contribution in [0.3, 0.4) is 0 Å². The Bertz CT molecular complexity index is 361. The van der Waals surface area contributed by atoms with Crippen LogP contribution in [0.15, 0.2) is 12.1 Å². The highest BCUT2D eigenvalue weighted by Gasteiger charge is 2.15. The minimum Gasteiger partial charge on any atom is -0.354 e. The zero-order valence-electron chi connectivity index (χ0n) is 11.7. The van der Waals surface area contributed by atoms with Crippen molar-refractivity contribution < 1.29 is 0 Å². The van der Waals surface area contributed by atoms with E-state index in [1.807, 2.05) is 0 Å². The Morgan fingerprint density at radius 3 is 2.89 bits per heavy atom. The molecule has 0 saturated carbocycles. The zero-order valence-corrected chi connectivity index (χ0v) is 11.7. The first-order valence-corrected chi connectivity index (χ1v) is 6.93. The molecule has 1 N–H and O–H groups in total. The minimum atomic E-state index is 0.632. The SMILES string of the molecule is CC(C)Cc1ccc(N2CCNCC(C)C2)nn1. The number of nitrogens with one attached hydrogen (secondary N) is 1. The maximum absolute atomic E-state index is 4.38. The first-order chi connectivity index (χ1) is 8.65. The van der Waals surface area contributed by atoms with Crippen LogP contribution < -0.4 is 10.2 Å². The van der Waals surface area contributed by atoms with Gasteiger partial charge < -0.3 is 10.2 Å². The quantitative estimate of drug-likeness (QED) is 0.884. The molecule has 0 aliphatic carbocycles. The predicted molar refractivity (Wildman–Crippen MR) is 74.8 cm³/mol. The summed E-state index contributed by atoms with van der Waals surface area (Å²) in [4.78, 5) is 2.33. The predicted octanol–water partition coefficient (Wildman–Crippen LogP) is 1.72. The van der Waals surface area contributed by atoms with Crippen LogP contribution in [0.1, 0.15) is 26.5 Å². The molecular weight excluding hydrogens is 224 g/mol. The standard InChI is InChI=1S/C14H24N4/c1-11(2)8-13-4-5-14(17-16-13)18-7-6-15-9-12(3)10-18/h4-5,11-12,15H,6-10H2,1-3H3. The summed E-state index contributed by atoms with van der Waals surface area (Å²) in [6, 6.07) is 4.23. The van der Waals surface area contributed by atoms with Gasteiger partial charge in [-0.25, -0.2) is 0 Å². The third kappa shape index (κ3) is 3.67. The average Bonchev–Trinajstić information content (AvgIpc) is 2.54. The van der Waals surface area contributed by atoms with Gasteiger partial charge in [0, 0.05) is 19.6 Å². The Labute approximate surface area is 110 Å². The highest BCUT2D eigenvalue weighted by molar-refractivity contribution is 5.37. The number of anilines is 1. The van der Waals surface area contributed by atoms with E-state index in [0.29, 0.717) is 11.8 Å². The smallest absolute Gasteiger partial charge is 0.151 e. The molecule has 2 rings (SSSR count). The Balaban J connectivity index is 2.03. The molecule has 2 heterocycles. The lowest BCUT2D eigenvalue weighted by molar-refractivity contribution is 0.562. The van der Waals surface area contributed by atoms with Crippen LogP contribution >= 0.6 is 0 Å². The number of aromatic nitrogens is 2. The van der Waals surface area contributed by atoms with Crippen molar-refractivity contribution in [1.82, 2.24) is 15.5 Å². The van der Waals surface area contributed by atoms with Crippen LogP contribution in [0.4, 0.5) is 5.82 Å². The summed E-state index contributed by atoms with van der Waals surface area (Å²) in [6.45, 7) is 10.9. The normalized spacial score (nSPS) is 21.1. The molecule has 4 heteroatoms. The molecule has 1 aliphatic rings.